The Bertz CT molecular complexity index is 2040. The molecule has 0 bridgehead atoms. The lowest BCUT2D eigenvalue weighted by Crippen LogP contribution is -2.58. The molecule has 0 aliphatic carbocycles. The van der Waals surface area contributed by atoms with Crippen molar-refractivity contribution in [1.82, 2.24) is 5.32 Å². The zero-order valence-electron chi connectivity index (χ0n) is 33.2. The summed E-state index contributed by atoms with van der Waals surface area (Å²) in [5.41, 5.74) is 5.91. The van der Waals surface area contributed by atoms with E-state index < -0.39 is 30.5 Å². The van der Waals surface area contributed by atoms with Crippen molar-refractivity contribution < 1.29 is 38.0 Å². The van der Waals surface area contributed by atoms with E-state index in [-0.39, 0.29) is 24.7 Å². The Kier molecular flexibility index (Phi) is 14.4. The quantitative estimate of drug-likeness (QED) is 0.0927. The molecule has 3 aliphatic heterocycles. The van der Waals surface area contributed by atoms with Gasteiger partial charge in [0.05, 0.1) is 33.0 Å². The molecule has 5 aromatic rings. The first-order chi connectivity index (χ1) is 29.1. The third-order valence-electron chi connectivity index (χ3n) is 11.1. The molecule has 10 heteroatoms. The second-order valence-corrected chi connectivity index (χ2v) is 15.8. The second kappa shape index (κ2) is 20.6. The van der Waals surface area contributed by atoms with Crippen LogP contribution >= 0.6 is 11.6 Å². The van der Waals surface area contributed by atoms with Gasteiger partial charge in [0.25, 0.3) is 0 Å². The van der Waals surface area contributed by atoms with Gasteiger partial charge in [-0.25, -0.2) is 0 Å². The average Bonchev–Trinajstić information content (AvgIpc) is 4.02. The van der Waals surface area contributed by atoms with Crippen LogP contribution in [0.4, 0.5) is 0 Å². The molecule has 308 valence electrons. The third kappa shape index (κ3) is 11.2. The summed E-state index contributed by atoms with van der Waals surface area (Å²) in [6.45, 7) is 3.03. The summed E-state index contributed by atoms with van der Waals surface area (Å²) in [6, 6.07) is 43.9. The molecule has 8 rings (SSSR count). The fourth-order valence-electron chi connectivity index (χ4n) is 7.95. The van der Waals surface area contributed by atoms with Crippen molar-refractivity contribution in [2.24, 2.45) is 0 Å². The van der Waals surface area contributed by atoms with Gasteiger partial charge in [-0.2, -0.15) is 0 Å². The molecule has 3 saturated heterocycles. The number of nitrogens with one attached hydrogen (secondary N) is 1. The topological polar surface area (TPSA) is 93.7 Å². The zero-order valence-corrected chi connectivity index (χ0v) is 33.9. The minimum Gasteiger partial charge on any atom is -0.488 e. The van der Waals surface area contributed by atoms with E-state index in [1.807, 2.05) is 115 Å². The van der Waals surface area contributed by atoms with E-state index in [1.54, 1.807) is 0 Å². The summed E-state index contributed by atoms with van der Waals surface area (Å²) in [4.78, 5) is 13.3. The first-order valence-electron chi connectivity index (χ1n) is 20.7. The third-order valence-corrected chi connectivity index (χ3v) is 11.5. The van der Waals surface area contributed by atoms with Gasteiger partial charge in [0.2, 0.25) is 0 Å². The molecule has 1 N–H and O–H groups in total. The van der Waals surface area contributed by atoms with Crippen molar-refractivity contribution >= 4 is 17.6 Å². The average molecular weight is 818 g/mol. The van der Waals surface area contributed by atoms with Crippen molar-refractivity contribution in [1.29, 1.82) is 0 Å². The minimum absolute atomic E-state index is 0.0224. The van der Waals surface area contributed by atoms with Crippen LogP contribution < -0.4 is 10.1 Å². The molecule has 0 radical (unpaired) electrons. The number of halogens is 1. The van der Waals surface area contributed by atoms with E-state index in [1.165, 1.54) is 0 Å². The smallest absolute Gasteiger partial charge is 0.323 e. The van der Waals surface area contributed by atoms with Gasteiger partial charge >= 0.3 is 5.97 Å². The zero-order chi connectivity index (χ0) is 40.2. The molecule has 5 aromatic carbocycles. The summed E-state index contributed by atoms with van der Waals surface area (Å²) >= 11 is 6.93. The van der Waals surface area contributed by atoms with Crippen molar-refractivity contribution in [3.8, 4) is 5.75 Å². The van der Waals surface area contributed by atoms with Gasteiger partial charge in [0.15, 0.2) is 0 Å². The van der Waals surface area contributed by atoms with E-state index in [2.05, 4.69) is 23.5 Å². The van der Waals surface area contributed by atoms with Crippen LogP contribution in [0, 0.1) is 0 Å². The van der Waals surface area contributed by atoms with Crippen molar-refractivity contribution in [2.75, 3.05) is 26.4 Å². The lowest BCUT2D eigenvalue weighted by Gasteiger charge is -2.46. The Morgan fingerprint density at radius 2 is 1.32 bits per heavy atom. The van der Waals surface area contributed by atoms with Crippen LogP contribution in [0.5, 0.6) is 5.75 Å². The molecule has 0 saturated carbocycles. The van der Waals surface area contributed by atoms with E-state index in [0.717, 1.165) is 71.5 Å². The minimum atomic E-state index is -0.691. The standard InChI is InChI=1S/C49H52ClNO8/c50-42-23-20-38(28-39(42)27-34-18-21-40(22-19-34)58-41-24-26-53-32-41)45-47(55-30-36-13-6-2-7-14-36)48(56-31-37-15-8-3-9-16-37)46(54-29-35-11-4-1-5-12-35)44(59-45)33-57-49(52)43-17-10-25-51-43/h1-9,11-16,18-23,28,41,43-48,51H,10,17,24-27,29-33H2/t41-,43-,44-,45+,46-,47+,48+/m1/s1. The fourth-order valence-corrected chi connectivity index (χ4v) is 8.14. The summed E-state index contributed by atoms with van der Waals surface area (Å²) in [7, 11) is 0. The molecule has 3 heterocycles. The first kappa shape index (κ1) is 41.2. The Labute approximate surface area is 351 Å². The Balaban J connectivity index is 1.12. The maximum absolute atomic E-state index is 13.3. The molecule has 9 nitrogen and oxygen atoms in total. The highest BCUT2D eigenvalue weighted by atomic mass is 35.5. The number of carbonyl (C=O) groups excluding carboxylic acids is 1. The van der Waals surface area contributed by atoms with Gasteiger partial charge in [-0.15, -0.1) is 0 Å². The van der Waals surface area contributed by atoms with Crippen LogP contribution in [0.2, 0.25) is 5.02 Å². The van der Waals surface area contributed by atoms with Gasteiger partial charge in [0, 0.05) is 11.4 Å². The van der Waals surface area contributed by atoms with E-state index in [0.29, 0.717) is 37.9 Å². The van der Waals surface area contributed by atoms with Gasteiger partial charge in [-0.3, -0.25) is 4.79 Å². The number of ether oxygens (including phenoxy) is 7. The molecular formula is C49H52ClNO8. The number of rotatable bonds is 17. The highest BCUT2D eigenvalue weighted by Crippen LogP contribution is 2.40. The van der Waals surface area contributed by atoms with Crippen LogP contribution in [0.1, 0.15) is 58.7 Å². The fraction of sp³-hybridized carbons (Fsp3) is 0.367. The van der Waals surface area contributed by atoms with Gasteiger partial charge in [0.1, 0.15) is 55.0 Å². The molecule has 0 aromatic heterocycles. The summed E-state index contributed by atoms with van der Waals surface area (Å²) < 4.78 is 45.4. The normalized spacial score (nSPS) is 24.2. The maximum Gasteiger partial charge on any atom is 0.323 e. The number of esters is 1. The summed E-state index contributed by atoms with van der Waals surface area (Å²) in [5, 5.41) is 3.90. The Hall–Kier alpha value is -4.58. The second-order valence-electron chi connectivity index (χ2n) is 15.4. The van der Waals surface area contributed by atoms with Gasteiger partial charge in [-0.1, -0.05) is 127 Å². The predicted molar refractivity (Wildman–Crippen MR) is 225 cm³/mol. The molecule has 3 fully saturated rings. The molecule has 0 spiro atoms. The van der Waals surface area contributed by atoms with Crippen LogP contribution in [-0.2, 0) is 59.5 Å². The van der Waals surface area contributed by atoms with Crippen molar-refractivity contribution in [3.63, 3.8) is 0 Å². The van der Waals surface area contributed by atoms with Crippen LogP contribution in [0.25, 0.3) is 0 Å². The molecule has 59 heavy (non-hydrogen) atoms. The van der Waals surface area contributed by atoms with Gasteiger partial charge < -0.3 is 38.5 Å². The number of carbonyl (C=O) groups is 1. The van der Waals surface area contributed by atoms with Crippen LogP contribution in [-0.4, -0.2) is 68.9 Å². The van der Waals surface area contributed by atoms with Crippen molar-refractivity contribution in [2.45, 2.75) is 88.2 Å². The number of hydrogen-bond donors (Lipinski definition) is 1. The SMILES string of the molecule is O=C(OC[C@H]1O[C@@H](c2ccc(Cl)c(Cc3ccc(O[C@@H]4CCOC4)cc3)c2)[C@H](OCc2ccccc2)[C@@H](OCc2ccccc2)[C@@H]1OCc1ccccc1)[C@H]1CCCN1. The Morgan fingerprint density at radius 3 is 1.92 bits per heavy atom. The van der Waals surface area contributed by atoms with Crippen LogP contribution in [0.3, 0.4) is 0 Å². The van der Waals surface area contributed by atoms with Crippen molar-refractivity contribution in [3.05, 3.63) is 172 Å². The highest BCUT2D eigenvalue weighted by molar-refractivity contribution is 6.31. The molecule has 0 amide bonds. The number of hydrogen-bond acceptors (Lipinski definition) is 9. The van der Waals surface area contributed by atoms with E-state index in [9.17, 15) is 4.79 Å². The van der Waals surface area contributed by atoms with E-state index in [4.69, 9.17) is 44.8 Å². The molecule has 0 unspecified atom stereocenters. The summed E-state index contributed by atoms with van der Waals surface area (Å²) in [6.07, 6.45) is -0.0341. The number of benzene rings is 5. The van der Waals surface area contributed by atoms with E-state index >= 15 is 0 Å². The maximum atomic E-state index is 13.3. The molecule has 7 atom stereocenters. The van der Waals surface area contributed by atoms with Crippen LogP contribution in [0.15, 0.2) is 133 Å². The predicted octanol–water partition coefficient (Wildman–Crippen LogP) is 8.59. The first-order valence-corrected chi connectivity index (χ1v) is 21.1. The lowest BCUT2D eigenvalue weighted by molar-refractivity contribution is -0.273. The highest BCUT2D eigenvalue weighted by Gasteiger charge is 2.49. The Morgan fingerprint density at radius 1 is 0.695 bits per heavy atom. The summed E-state index contributed by atoms with van der Waals surface area (Å²) in [5.74, 6) is 0.523. The molecule has 3 aliphatic rings. The monoisotopic (exact) mass is 817 g/mol. The largest absolute Gasteiger partial charge is 0.488 e. The molecular weight excluding hydrogens is 766 g/mol. The lowest BCUT2D eigenvalue weighted by atomic mass is 9.89. The van der Waals surface area contributed by atoms with Gasteiger partial charge in [-0.05, 0) is 77.4 Å².